The Morgan fingerprint density at radius 3 is 2.42 bits per heavy atom. The zero-order valence-electron chi connectivity index (χ0n) is 18.7. The van der Waals surface area contributed by atoms with Crippen molar-refractivity contribution in [3.63, 3.8) is 0 Å². The zero-order chi connectivity index (χ0) is 22.9. The van der Waals surface area contributed by atoms with Crippen LogP contribution in [0.5, 0.6) is 5.75 Å². The second kappa shape index (κ2) is 8.64. The minimum absolute atomic E-state index is 0.171. The predicted molar refractivity (Wildman–Crippen MR) is 134 cm³/mol. The average molecular weight is 454 g/mol. The van der Waals surface area contributed by atoms with Gasteiger partial charge in [0.1, 0.15) is 5.75 Å². The Morgan fingerprint density at radius 2 is 1.70 bits per heavy atom. The largest absolute Gasteiger partial charge is 0.496 e. The number of methoxy groups -OCH3 is 1. The molecule has 0 bridgehead atoms. The molecule has 0 aliphatic carbocycles. The van der Waals surface area contributed by atoms with Crippen molar-refractivity contribution < 1.29 is 9.53 Å². The van der Waals surface area contributed by atoms with Crippen LogP contribution >= 0.6 is 11.3 Å². The first-order chi connectivity index (χ1) is 16.0. The third kappa shape index (κ3) is 4.05. The summed E-state index contributed by atoms with van der Waals surface area (Å²) in [4.78, 5) is 24.9. The maximum absolute atomic E-state index is 14.0. The molecule has 0 unspecified atom stereocenters. The second-order valence-corrected chi connectivity index (χ2v) is 9.02. The summed E-state index contributed by atoms with van der Waals surface area (Å²) in [5, 5.41) is 2.64. The van der Waals surface area contributed by atoms with Crippen molar-refractivity contribution >= 4 is 43.4 Å². The quantitative estimate of drug-likeness (QED) is 0.313. The molecule has 5 nitrogen and oxygen atoms in total. The molecule has 33 heavy (non-hydrogen) atoms. The van der Waals surface area contributed by atoms with Crippen LogP contribution in [-0.4, -0.2) is 23.0 Å². The van der Waals surface area contributed by atoms with Crippen molar-refractivity contribution in [2.45, 2.75) is 20.4 Å². The number of nitrogens with zero attached hydrogens (tertiary/aromatic N) is 3. The van der Waals surface area contributed by atoms with E-state index in [4.69, 9.17) is 9.72 Å². The molecular weight excluding hydrogens is 430 g/mol. The Hall–Kier alpha value is -3.77. The molecular formula is C27H23N3O2S. The summed E-state index contributed by atoms with van der Waals surface area (Å²) in [6, 6.07) is 21.7. The summed E-state index contributed by atoms with van der Waals surface area (Å²) in [6.45, 7) is 4.48. The fraction of sp³-hybridized carbons (Fsp3) is 0.148. The summed E-state index contributed by atoms with van der Waals surface area (Å²) < 4.78 is 6.67. The number of rotatable bonds is 5. The first kappa shape index (κ1) is 21.1. The van der Waals surface area contributed by atoms with E-state index in [0.717, 1.165) is 26.7 Å². The van der Waals surface area contributed by atoms with Gasteiger partial charge in [-0.1, -0.05) is 41.7 Å². The highest BCUT2D eigenvalue weighted by molar-refractivity contribution is 7.22. The third-order valence-electron chi connectivity index (χ3n) is 5.81. The van der Waals surface area contributed by atoms with Gasteiger partial charge in [0.15, 0.2) is 5.13 Å². The molecule has 6 heteroatoms. The lowest BCUT2D eigenvalue weighted by molar-refractivity contribution is 0.0982. The second-order valence-electron chi connectivity index (χ2n) is 8.01. The van der Waals surface area contributed by atoms with E-state index in [1.807, 2.05) is 54.6 Å². The maximum Gasteiger partial charge on any atom is 0.264 e. The van der Waals surface area contributed by atoms with Gasteiger partial charge in [-0.3, -0.25) is 14.7 Å². The van der Waals surface area contributed by atoms with E-state index in [1.165, 1.54) is 22.5 Å². The lowest BCUT2D eigenvalue weighted by Crippen LogP contribution is -2.31. The summed E-state index contributed by atoms with van der Waals surface area (Å²) in [5.41, 5.74) is 4.56. The lowest BCUT2D eigenvalue weighted by atomic mass is 10.0. The third-order valence-corrected chi connectivity index (χ3v) is 6.85. The Labute approximate surface area is 196 Å². The SMILES string of the molecule is COc1cc2ccccc2cc1C(=O)N(Cc1ccccn1)c1nc2cc(C)c(C)cc2s1. The minimum atomic E-state index is -0.171. The molecule has 3 aromatic carbocycles. The lowest BCUT2D eigenvalue weighted by Gasteiger charge is -2.21. The molecule has 2 heterocycles. The molecule has 2 aromatic heterocycles. The number of thiazole rings is 1. The molecule has 0 N–H and O–H groups in total. The molecule has 5 aromatic rings. The van der Waals surface area contributed by atoms with Crippen molar-refractivity contribution in [3.05, 3.63) is 95.3 Å². The normalized spacial score (nSPS) is 11.1. The monoisotopic (exact) mass is 453 g/mol. The number of hydrogen-bond donors (Lipinski definition) is 0. The number of carbonyl (C=O) groups is 1. The number of carbonyl (C=O) groups excluding carboxylic acids is 1. The van der Waals surface area contributed by atoms with E-state index in [2.05, 4.69) is 31.0 Å². The Balaban J connectivity index is 1.64. The van der Waals surface area contributed by atoms with Crippen LogP contribution in [0, 0.1) is 13.8 Å². The fourth-order valence-electron chi connectivity index (χ4n) is 3.86. The van der Waals surface area contributed by atoms with Crippen molar-refractivity contribution in [1.82, 2.24) is 9.97 Å². The van der Waals surface area contributed by atoms with Crippen LogP contribution < -0.4 is 9.64 Å². The number of ether oxygens (including phenoxy) is 1. The number of amides is 1. The standard InChI is InChI=1S/C27H23N3O2S/c1-17-12-23-25(13-18(17)2)33-27(29-23)30(16-21-10-6-7-11-28-21)26(31)22-14-19-8-4-5-9-20(19)15-24(22)32-3/h4-15H,16H2,1-3H3. The van der Waals surface area contributed by atoms with E-state index in [-0.39, 0.29) is 5.91 Å². The van der Waals surface area contributed by atoms with Gasteiger partial charge in [-0.25, -0.2) is 4.98 Å². The van der Waals surface area contributed by atoms with Gasteiger partial charge in [0.05, 0.1) is 35.1 Å². The van der Waals surface area contributed by atoms with Gasteiger partial charge in [-0.15, -0.1) is 0 Å². The Bertz CT molecular complexity index is 1440. The summed E-state index contributed by atoms with van der Waals surface area (Å²) >= 11 is 1.51. The number of pyridine rings is 1. The van der Waals surface area contributed by atoms with Crippen LogP contribution in [0.2, 0.25) is 0 Å². The highest BCUT2D eigenvalue weighted by Crippen LogP contribution is 2.34. The molecule has 0 radical (unpaired) electrons. The van der Waals surface area contributed by atoms with Gasteiger partial charge in [0.2, 0.25) is 0 Å². The Morgan fingerprint density at radius 1 is 0.970 bits per heavy atom. The smallest absolute Gasteiger partial charge is 0.264 e. The van der Waals surface area contributed by atoms with E-state index < -0.39 is 0 Å². The first-order valence-corrected chi connectivity index (χ1v) is 11.5. The number of aromatic nitrogens is 2. The molecule has 0 aliphatic heterocycles. The van der Waals surface area contributed by atoms with Gasteiger partial charge >= 0.3 is 0 Å². The van der Waals surface area contributed by atoms with Crippen molar-refractivity contribution in [3.8, 4) is 5.75 Å². The number of aryl methyl sites for hydroxylation is 2. The number of anilines is 1. The molecule has 0 spiro atoms. The molecule has 1 amide bonds. The molecule has 0 saturated carbocycles. The average Bonchev–Trinajstić information content (AvgIpc) is 3.24. The summed E-state index contributed by atoms with van der Waals surface area (Å²) in [5.74, 6) is 0.369. The van der Waals surface area contributed by atoms with Gasteiger partial charge in [-0.05, 0) is 72.1 Å². The molecule has 164 valence electrons. The van der Waals surface area contributed by atoms with E-state index in [0.29, 0.717) is 23.0 Å². The van der Waals surface area contributed by atoms with Crippen LogP contribution in [0.1, 0.15) is 27.2 Å². The van der Waals surface area contributed by atoms with Crippen LogP contribution in [0.15, 0.2) is 72.9 Å². The maximum atomic E-state index is 14.0. The van der Waals surface area contributed by atoms with Gasteiger partial charge in [0, 0.05) is 6.20 Å². The first-order valence-electron chi connectivity index (χ1n) is 10.7. The number of benzene rings is 3. The van der Waals surface area contributed by atoms with E-state index in [9.17, 15) is 4.79 Å². The van der Waals surface area contributed by atoms with E-state index >= 15 is 0 Å². The van der Waals surface area contributed by atoms with E-state index in [1.54, 1.807) is 18.2 Å². The molecule has 0 saturated heterocycles. The number of fused-ring (bicyclic) bond motifs is 2. The molecule has 0 aliphatic rings. The van der Waals surface area contributed by atoms with Crippen molar-refractivity contribution in [2.75, 3.05) is 12.0 Å². The van der Waals surface area contributed by atoms with Crippen molar-refractivity contribution in [1.29, 1.82) is 0 Å². The Kier molecular flexibility index (Phi) is 5.52. The van der Waals surface area contributed by atoms with Crippen LogP contribution in [0.4, 0.5) is 5.13 Å². The topological polar surface area (TPSA) is 55.3 Å². The highest BCUT2D eigenvalue weighted by Gasteiger charge is 2.25. The number of hydrogen-bond acceptors (Lipinski definition) is 5. The summed E-state index contributed by atoms with van der Waals surface area (Å²) in [7, 11) is 1.59. The van der Waals surface area contributed by atoms with Crippen LogP contribution in [0.3, 0.4) is 0 Å². The van der Waals surface area contributed by atoms with Crippen LogP contribution in [0.25, 0.3) is 21.0 Å². The predicted octanol–water partition coefficient (Wildman–Crippen LogP) is 6.32. The van der Waals surface area contributed by atoms with Gasteiger partial charge in [0.25, 0.3) is 5.91 Å². The van der Waals surface area contributed by atoms with Gasteiger partial charge < -0.3 is 4.74 Å². The van der Waals surface area contributed by atoms with Crippen LogP contribution in [-0.2, 0) is 6.54 Å². The molecule has 0 fully saturated rings. The zero-order valence-corrected chi connectivity index (χ0v) is 19.5. The minimum Gasteiger partial charge on any atom is -0.496 e. The van der Waals surface area contributed by atoms with Crippen molar-refractivity contribution in [2.24, 2.45) is 0 Å². The fourth-order valence-corrected chi connectivity index (χ4v) is 4.91. The highest BCUT2D eigenvalue weighted by atomic mass is 32.1. The summed E-state index contributed by atoms with van der Waals surface area (Å²) in [6.07, 6.45) is 1.74. The van der Waals surface area contributed by atoms with Gasteiger partial charge in [-0.2, -0.15) is 0 Å². The molecule has 5 rings (SSSR count). The molecule has 0 atom stereocenters.